The molecule has 5 heteroatoms. The smallest absolute Gasteiger partial charge is 0.259 e. The van der Waals surface area contributed by atoms with Gasteiger partial charge in [-0.3, -0.25) is 9.78 Å². The van der Waals surface area contributed by atoms with Gasteiger partial charge in [0.25, 0.3) is 5.91 Å². The molecule has 3 aromatic rings. The monoisotopic (exact) mass is 341 g/mol. The molecule has 0 radical (unpaired) electrons. The predicted octanol–water partition coefficient (Wildman–Crippen LogP) is 3.79. The number of benzene rings is 2. The van der Waals surface area contributed by atoms with Crippen LogP contribution in [0.25, 0.3) is 11.3 Å². The van der Waals surface area contributed by atoms with E-state index in [9.17, 15) is 4.79 Å². The summed E-state index contributed by atoms with van der Waals surface area (Å²) < 4.78 is 5.45. The Morgan fingerprint density at radius 3 is 2.58 bits per heavy atom. The fraction of sp³-hybridized carbons (Fsp3) is 0.0952. The molecule has 1 aliphatic heterocycles. The summed E-state index contributed by atoms with van der Waals surface area (Å²) in [6.45, 7) is 0.432. The number of fused-ring (bicyclic) bond motifs is 1. The molecule has 0 aliphatic carbocycles. The molecule has 126 valence electrons. The van der Waals surface area contributed by atoms with Crippen LogP contribution in [0.5, 0.6) is 5.75 Å². The SMILES string of the molecule is COc1ccccc1-c1nccc2c1CN(c1ccc(C#N)cc1)C2=O. The number of ether oxygens (including phenoxy) is 1. The van der Waals surface area contributed by atoms with Gasteiger partial charge >= 0.3 is 0 Å². The van der Waals surface area contributed by atoms with E-state index in [1.54, 1.807) is 48.5 Å². The summed E-state index contributed by atoms with van der Waals surface area (Å²) in [5.74, 6) is 0.654. The number of amides is 1. The lowest BCUT2D eigenvalue weighted by Gasteiger charge is -2.16. The third kappa shape index (κ3) is 2.49. The van der Waals surface area contributed by atoms with Gasteiger partial charge in [-0.25, -0.2) is 0 Å². The molecule has 0 unspecified atom stereocenters. The lowest BCUT2D eigenvalue weighted by Crippen LogP contribution is -2.22. The Labute approximate surface area is 151 Å². The number of pyridine rings is 1. The summed E-state index contributed by atoms with van der Waals surface area (Å²) >= 11 is 0. The standard InChI is InChI=1S/C21H15N3O2/c1-26-19-5-3-2-4-17(19)20-18-13-24(21(25)16(18)10-11-23-20)15-8-6-14(12-22)7-9-15/h2-11H,13H2,1H3. The lowest BCUT2D eigenvalue weighted by molar-refractivity contribution is 0.0996. The summed E-state index contributed by atoms with van der Waals surface area (Å²) in [6.07, 6.45) is 1.65. The fourth-order valence-electron chi connectivity index (χ4n) is 3.22. The fourth-order valence-corrected chi connectivity index (χ4v) is 3.22. The number of methoxy groups -OCH3 is 1. The highest BCUT2D eigenvalue weighted by Crippen LogP contribution is 2.37. The van der Waals surface area contributed by atoms with Crippen molar-refractivity contribution in [3.63, 3.8) is 0 Å². The largest absolute Gasteiger partial charge is 0.496 e. The molecule has 0 spiro atoms. The van der Waals surface area contributed by atoms with Crippen LogP contribution in [-0.2, 0) is 6.54 Å². The number of hydrogen-bond acceptors (Lipinski definition) is 4. The topological polar surface area (TPSA) is 66.2 Å². The Morgan fingerprint density at radius 2 is 1.85 bits per heavy atom. The summed E-state index contributed by atoms with van der Waals surface area (Å²) in [7, 11) is 1.62. The van der Waals surface area contributed by atoms with Gasteiger partial charge in [0.1, 0.15) is 5.75 Å². The van der Waals surface area contributed by atoms with Crippen LogP contribution in [0.1, 0.15) is 21.5 Å². The molecule has 2 aromatic carbocycles. The molecule has 0 bridgehead atoms. The number of aromatic nitrogens is 1. The molecule has 5 nitrogen and oxygen atoms in total. The minimum Gasteiger partial charge on any atom is -0.496 e. The van der Waals surface area contributed by atoms with Gasteiger partial charge < -0.3 is 9.64 Å². The van der Waals surface area contributed by atoms with Gasteiger partial charge in [0, 0.05) is 28.6 Å². The Bertz CT molecular complexity index is 1040. The minimum atomic E-state index is -0.0664. The third-order valence-electron chi connectivity index (χ3n) is 4.52. The molecule has 1 aliphatic rings. The molecule has 0 N–H and O–H groups in total. The summed E-state index contributed by atoms with van der Waals surface area (Å²) in [5.41, 5.74) is 4.47. The normalized spacial score (nSPS) is 12.6. The van der Waals surface area contributed by atoms with Crippen LogP contribution in [0.15, 0.2) is 60.8 Å². The van der Waals surface area contributed by atoms with Crippen LogP contribution in [0.4, 0.5) is 5.69 Å². The van der Waals surface area contributed by atoms with Gasteiger partial charge in [0.2, 0.25) is 0 Å². The molecule has 26 heavy (non-hydrogen) atoms. The van der Waals surface area contributed by atoms with E-state index in [-0.39, 0.29) is 5.91 Å². The number of nitrogens with zero attached hydrogens (tertiary/aromatic N) is 3. The van der Waals surface area contributed by atoms with Crippen molar-refractivity contribution in [2.45, 2.75) is 6.54 Å². The average molecular weight is 341 g/mol. The van der Waals surface area contributed by atoms with E-state index in [1.807, 2.05) is 24.3 Å². The second-order valence-corrected chi connectivity index (χ2v) is 5.94. The molecule has 0 atom stereocenters. The second-order valence-electron chi connectivity index (χ2n) is 5.94. The number of carbonyl (C=O) groups excluding carboxylic acids is 1. The van der Waals surface area contributed by atoms with Crippen molar-refractivity contribution in [2.24, 2.45) is 0 Å². The van der Waals surface area contributed by atoms with Gasteiger partial charge in [-0.15, -0.1) is 0 Å². The molecule has 1 aromatic heterocycles. The summed E-state index contributed by atoms with van der Waals surface area (Å²) in [5, 5.41) is 8.95. The first-order valence-corrected chi connectivity index (χ1v) is 8.16. The van der Waals surface area contributed by atoms with E-state index in [4.69, 9.17) is 10.00 Å². The summed E-state index contributed by atoms with van der Waals surface area (Å²) in [6, 6.07) is 18.5. The first-order chi connectivity index (χ1) is 12.7. The van der Waals surface area contributed by atoms with E-state index in [0.717, 1.165) is 28.3 Å². The number of carbonyl (C=O) groups is 1. The van der Waals surface area contributed by atoms with E-state index in [0.29, 0.717) is 17.7 Å². The number of para-hydroxylation sites is 1. The maximum Gasteiger partial charge on any atom is 0.259 e. The van der Waals surface area contributed by atoms with Gasteiger partial charge in [-0.2, -0.15) is 5.26 Å². The molecule has 2 heterocycles. The highest BCUT2D eigenvalue weighted by Gasteiger charge is 2.31. The van der Waals surface area contributed by atoms with Crippen LogP contribution in [0.3, 0.4) is 0 Å². The van der Waals surface area contributed by atoms with Crippen molar-refractivity contribution in [1.82, 2.24) is 4.98 Å². The first kappa shape index (κ1) is 15.9. The van der Waals surface area contributed by atoms with E-state index >= 15 is 0 Å². The Balaban J connectivity index is 1.78. The molecule has 0 saturated carbocycles. The van der Waals surface area contributed by atoms with Gasteiger partial charge in [0.05, 0.1) is 31.0 Å². The Hall–Kier alpha value is -3.65. The zero-order chi connectivity index (χ0) is 18.1. The molecule has 0 fully saturated rings. The van der Waals surface area contributed by atoms with Crippen LogP contribution >= 0.6 is 0 Å². The number of hydrogen-bond donors (Lipinski definition) is 0. The van der Waals surface area contributed by atoms with Gasteiger partial charge in [-0.05, 0) is 42.5 Å². The molecule has 1 amide bonds. The maximum atomic E-state index is 12.9. The first-order valence-electron chi connectivity index (χ1n) is 8.16. The van der Waals surface area contributed by atoms with Gasteiger partial charge in [0.15, 0.2) is 0 Å². The Kier molecular flexibility index (Phi) is 3.86. The highest BCUT2D eigenvalue weighted by atomic mass is 16.5. The lowest BCUT2D eigenvalue weighted by atomic mass is 10.0. The minimum absolute atomic E-state index is 0.0664. The van der Waals surface area contributed by atoms with Crippen molar-refractivity contribution >= 4 is 11.6 Å². The average Bonchev–Trinajstić information content (AvgIpc) is 3.05. The van der Waals surface area contributed by atoms with E-state index < -0.39 is 0 Å². The predicted molar refractivity (Wildman–Crippen MR) is 97.9 cm³/mol. The van der Waals surface area contributed by atoms with Crippen LogP contribution in [0.2, 0.25) is 0 Å². The maximum absolute atomic E-state index is 12.9. The third-order valence-corrected chi connectivity index (χ3v) is 4.52. The molecular weight excluding hydrogens is 326 g/mol. The molecular formula is C21H15N3O2. The zero-order valence-electron chi connectivity index (χ0n) is 14.1. The number of anilines is 1. The number of rotatable bonds is 3. The number of nitriles is 1. The quantitative estimate of drug-likeness (QED) is 0.727. The van der Waals surface area contributed by atoms with Crippen molar-refractivity contribution in [3.05, 3.63) is 77.5 Å². The van der Waals surface area contributed by atoms with Crippen molar-refractivity contribution in [2.75, 3.05) is 12.0 Å². The second kappa shape index (κ2) is 6.34. The van der Waals surface area contributed by atoms with E-state index in [2.05, 4.69) is 11.1 Å². The van der Waals surface area contributed by atoms with Crippen LogP contribution in [-0.4, -0.2) is 18.0 Å². The molecule has 0 saturated heterocycles. The highest BCUT2D eigenvalue weighted by molar-refractivity contribution is 6.11. The van der Waals surface area contributed by atoms with Crippen molar-refractivity contribution in [1.29, 1.82) is 5.26 Å². The zero-order valence-corrected chi connectivity index (χ0v) is 14.1. The Morgan fingerprint density at radius 1 is 1.08 bits per heavy atom. The van der Waals surface area contributed by atoms with Crippen LogP contribution < -0.4 is 9.64 Å². The van der Waals surface area contributed by atoms with Crippen molar-refractivity contribution < 1.29 is 9.53 Å². The van der Waals surface area contributed by atoms with Crippen molar-refractivity contribution in [3.8, 4) is 23.1 Å². The van der Waals surface area contributed by atoms with Crippen LogP contribution in [0, 0.1) is 11.3 Å². The van der Waals surface area contributed by atoms with E-state index in [1.165, 1.54) is 0 Å². The van der Waals surface area contributed by atoms with Gasteiger partial charge in [-0.1, -0.05) is 12.1 Å². The summed E-state index contributed by atoms with van der Waals surface area (Å²) in [4.78, 5) is 19.1. The molecule has 4 rings (SSSR count).